The molecule has 1 saturated heterocycles. The van der Waals surface area contributed by atoms with Gasteiger partial charge in [0.15, 0.2) is 16.4 Å². The van der Waals surface area contributed by atoms with Crippen LogP contribution in [0.15, 0.2) is 59.5 Å². The smallest absolute Gasteiger partial charge is 0.260 e. The lowest BCUT2D eigenvalue weighted by Crippen LogP contribution is -2.47. The average Bonchev–Trinajstić information content (AvgIpc) is 2.66. The molecule has 3 rings (SSSR count). The fourth-order valence-corrected chi connectivity index (χ4v) is 3.69. The van der Waals surface area contributed by atoms with Gasteiger partial charge >= 0.3 is 0 Å². The largest absolute Gasteiger partial charge is 0.484 e. The van der Waals surface area contributed by atoms with Crippen LogP contribution in [0.1, 0.15) is 18.6 Å². The number of amides is 1. The Labute approximate surface area is 159 Å². The van der Waals surface area contributed by atoms with Crippen LogP contribution < -0.4 is 4.74 Å². The predicted molar refractivity (Wildman–Crippen MR) is 101 cm³/mol. The highest BCUT2D eigenvalue weighted by Crippen LogP contribution is 2.25. The zero-order valence-corrected chi connectivity index (χ0v) is 16.2. The summed E-state index contributed by atoms with van der Waals surface area (Å²) in [5, 5.41) is 0. The molecular formula is C20H23NO5S. The van der Waals surface area contributed by atoms with Crippen LogP contribution in [0.5, 0.6) is 5.75 Å². The molecule has 1 aliphatic rings. The predicted octanol–water partition coefficient (Wildman–Crippen LogP) is 2.46. The van der Waals surface area contributed by atoms with Crippen molar-refractivity contribution in [2.75, 3.05) is 26.0 Å². The summed E-state index contributed by atoms with van der Waals surface area (Å²) < 4.78 is 34.8. The van der Waals surface area contributed by atoms with Gasteiger partial charge in [0.25, 0.3) is 5.91 Å². The first-order chi connectivity index (χ1) is 12.8. The van der Waals surface area contributed by atoms with Crippen molar-refractivity contribution in [2.45, 2.75) is 24.0 Å². The first kappa shape index (κ1) is 19.4. The zero-order chi connectivity index (χ0) is 19.4. The number of benzene rings is 2. The number of ether oxygens (including phenoxy) is 2. The second-order valence-corrected chi connectivity index (χ2v) is 8.70. The van der Waals surface area contributed by atoms with E-state index in [0.29, 0.717) is 18.8 Å². The van der Waals surface area contributed by atoms with Crippen molar-refractivity contribution in [1.29, 1.82) is 0 Å². The van der Waals surface area contributed by atoms with E-state index in [1.54, 1.807) is 17.0 Å². The van der Waals surface area contributed by atoms with Crippen LogP contribution in [0.2, 0.25) is 0 Å². The molecule has 2 atom stereocenters. The van der Waals surface area contributed by atoms with Gasteiger partial charge in [0.2, 0.25) is 0 Å². The molecule has 144 valence electrons. The number of nitrogens with zero attached hydrogens (tertiary/aromatic N) is 1. The minimum atomic E-state index is -3.32. The number of carbonyl (C=O) groups excluding carboxylic acids is 1. The van der Waals surface area contributed by atoms with E-state index in [0.717, 1.165) is 11.8 Å². The third-order valence-corrected chi connectivity index (χ3v) is 5.49. The lowest BCUT2D eigenvalue weighted by molar-refractivity contribution is -0.146. The molecule has 0 bridgehead atoms. The minimum Gasteiger partial charge on any atom is -0.484 e. The lowest BCUT2D eigenvalue weighted by atomic mass is 10.1. The Morgan fingerprint density at radius 2 is 1.89 bits per heavy atom. The van der Waals surface area contributed by atoms with E-state index in [-0.39, 0.29) is 29.6 Å². The van der Waals surface area contributed by atoms with Crippen LogP contribution in [0, 0.1) is 0 Å². The van der Waals surface area contributed by atoms with E-state index in [4.69, 9.17) is 9.47 Å². The van der Waals surface area contributed by atoms with Crippen LogP contribution in [-0.4, -0.2) is 51.3 Å². The van der Waals surface area contributed by atoms with Gasteiger partial charge in [0, 0.05) is 12.8 Å². The van der Waals surface area contributed by atoms with Gasteiger partial charge < -0.3 is 14.4 Å². The maximum Gasteiger partial charge on any atom is 0.260 e. The van der Waals surface area contributed by atoms with Crippen molar-refractivity contribution in [3.8, 4) is 5.75 Å². The summed E-state index contributed by atoms with van der Waals surface area (Å²) in [6.45, 7) is 2.74. The molecule has 6 nitrogen and oxygen atoms in total. The Kier molecular flexibility index (Phi) is 5.82. The number of hydrogen-bond acceptors (Lipinski definition) is 5. The van der Waals surface area contributed by atoms with Crippen molar-refractivity contribution in [3.05, 3.63) is 60.2 Å². The number of morpholine rings is 1. The molecule has 2 aromatic rings. The van der Waals surface area contributed by atoms with Crippen LogP contribution in [-0.2, 0) is 19.4 Å². The van der Waals surface area contributed by atoms with Gasteiger partial charge in [-0.25, -0.2) is 8.42 Å². The molecule has 27 heavy (non-hydrogen) atoms. The first-order valence-corrected chi connectivity index (χ1v) is 10.6. The van der Waals surface area contributed by atoms with Crippen molar-refractivity contribution in [3.63, 3.8) is 0 Å². The zero-order valence-electron chi connectivity index (χ0n) is 15.4. The van der Waals surface area contributed by atoms with Crippen molar-refractivity contribution >= 4 is 15.7 Å². The Balaban J connectivity index is 1.64. The molecule has 1 heterocycles. The minimum absolute atomic E-state index is 0.0820. The normalized spacial score (nSPS) is 20.3. The summed E-state index contributed by atoms with van der Waals surface area (Å²) in [7, 11) is -3.32. The molecule has 0 aromatic heterocycles. The molecule has 1 aliphatic heterocycles. The van der Waals surface area contributed by atoms with E-state index in [1.807, 2.05) is 37.3 Å². The summed E-state index contributed by atoms with van der Waals surface area (Å²) in [4.78, 5) is 14.5. The van der Waals surface area contributed by atoms with E-state index in [9.17, 15) is 13.2 Å². The summed E-state index contributed by atoms with van der Waals surface area (Å²) in [6, 6.07) is 16.0. The topological polar surface area (TPSA) is 72.9 Å². The summed E-state index contributed by atoms with van der Waals surface area (Å²) >= 11 is 0. The number of hydrogen-bond donors (Lipinski definition) is 0. The van der Waals surface area contributed by atoms with Gasteiger partial charge in [-0.1, -0.05) is 36.4 Å². The van der Waals surface area contributed by atoms with Gasteiger partial charge in [-0.05, 0) is 30.7 Å². The Hall–Kier alpha value is -2.38. The highest BCUT2D eigenvalue weighted by atomic mass is 32.2. The fraction of sp³-hybridized carbons (Fsp3) is 0.350. The van der Waals surface area contributed by atoms with Crippen LogP contribution in [0.25, 0.3) is 0 Å². The van der Waals surface area contributed by atoms with Gasteiger partial charge in [0.1, 0.15) is 11.9 Å². The summed E-state index contributed by atoms with van der Waals surface area (Å²) in [5.41, 5.74) is 1.03. The van der Waals surface area contributed by atoms with Crippen molar-refractivity contribution in [1.82, 2.24) is 4.90 Å². The molecule has 7 heteroatoms. The van der Waals surface area contributed by atoms with Crippen molar-refractivity contribution in [2.24, 2.45) is 0 Å². The molecule has 2 aromatic carbocycles. The monoisotopic (exact) mass is 389 g/mol. The molecule has 1 amide bonds. The average molecular weight is 389 g/mol. The van der Waals surface area contributed by atoms with Gasteiger partial charge in [-0.2, -0.15) is 0 Å². The molecule has 0 saturated carbocycles. The number of carbonyl (C=O) groups is 1. The molecule has 0 spiro atoms. The summed E-state index contributed by atoms with van der Waals surface area (Å²) in [5.74, 6) is 0.197. The van der Waals surface area contributed by atoms with E-state index < -0.39 is 9.84 Å². The SMILES string of the molecule is C[C@H]1CN(C(=O)COc2cccc(S(C)(=O)=O)c2)C[C@@H](c2ccccc2)O1. The van der Waals surface area contributed by atoms with Crippen LogP contribution in [0.4, 0.5) is 0 Å². The third kappa shape index (κ3) is 5.08. The van der Waals surface area contributed by atoms with Crippen LogP contribution in [0.3, 0.4) is 0 Å². The highest BCUT2D eigenvalue weighted by molar-refractivity contribution is 7.90. The first-order valence-electron chi connectivity index (χ1n) is 8.74. The quantitative estimate of drug-likeness (QED) is 0.785. The standard InChI is InChI=1S/C20H23NO5S/c1-15-12-21(13-19(26-15)16-7-4-3-5-8-16)20(22)14-25-17-9-6-10-18(11-17)27(2,23)24/h3-11,15,19H,12-14H2,1-2H3/t15-,19-/m0/s1. The molecule has 0 radical (unpaired) electrons. The molecule has 0 aliphatic carbocycles. The molecule has 0 N–H and O–H groups in total. The van der Waals surface area contributed by atoms with Gasteiger partial charge in [-0.15, -0.1) is 0 Å². The van der Waals surface area contributed by atoms with E-state index >= 15 is 0 Å². The third-order valence-electron chi connectivity index (χ3n) is 4.38. The highest BCUT2D eigenvalue weighted by Gasteiger charge is 2.29. The Morgan fingerprint density at radius 3 is 2.59 bits per heavy atom. The van der Waals surface area contributed by atoms with Crippen molar-refractivity contribution < 1.29 is 22.7 Å². The maximum absolute atomic E-state index is 12.6. The maximum atomic E-state index is 12.6. The van der Waals surface area contributed by atoms with Gasteiger partial charge in [-0.3, -0.25) is 4.79 Å². The number of rotatable bonds is 5. The Morgan fingerprint density at radius 1 is 1.15 bits per heavy atom. The molecule has 1 fully saturated rings. The van der Waals surface area contributed by atoms with Crippen LogP contribution >= 0.6 is 0 Å². The molecular weight excluding hydrogens is 366 g/mol. The second kappa shape index (κ2) is 8.10. The van der Waals surface area contributed by atoms with Gasteiger partial charge in [0.05, 0.1) is 17.5 Å². The molecule has 0 unspecified atom stereocenters. The fourth-order valence-electron chi connectivity index (χ4n) is 3.04. The number of sulfone groups is 1. The second-order valence-electron chi connectivity index (χ2n) is 6.68. The summed E-state index contributed by atoms with van der Waals surface area (Å²) in [6.07, 6.45) is 0.879. The van der Waals surface area contributed by atoms with E-state index in [2.05, 4.69) is 0 Å². The van der Waals surface area contributed by atoms with E-state index in [1.165, 1.54) is 12.1 Å². The Bertz CT molecular complexity index is 898. The lowest BCUT2D eigenvalue weighted by Gasteiger charge is -2.37.